The van der Waals surface area contributed by atoms with E-state index in [0.29, 0.717) is 18.6 Å². The number of hydrogen-bond donors (Lipinski definition) is 1. The number of aromatic nitrogens is 1. The van der Waals surface area contributed by atoms with Gasteiger partial charge in [-0.25, -0.2) is 4.79 Å². The maximum absolute atomic E-state index is 11.3. The van der Waals surface area contributed by atoms with Gasteiger partial charge in [-0.3, -0.25) is 4.98 Å². The van der Waals surface area contributed by atoms with Crippen molar-refractivity contribution in [3.8, 4) is 0 Å². The fourth-order valence-electron chi connectivity index (χ4n) is 1.31. The topological polar surface area (TPSA) is 51.2 Å². The Morgan fingerprint density at radius 2 is 2.29 bits per heavy atom. The molecule has 0 saturated carbocycles. The summed E-state index contributed by atoms with van der Waals surface area (Å²) in [5, 5.41) is 2.74. The van der Waals surface area contributed by atoms with E-state index in [1.807, 2.05) is 0 Å². The molecule has 0 aliphatic carbocycles. The minimum absolute atomic E-state index is 0.301. The summed E-state index contributed by atoms with van der Waals surface area (Å²) < 4.78 is 5.04. The highest BCUT2D eigenvalue weighted by atomic mass is 32.1. The van der Waals surface area contributed by atoms with Crippen LogP contribution in [0, 0.1) is 5.41 Å². The normalized spacial score (nSPS) is 11.2. The average Bonchev–Trinajstić information content (AvgIpc) is 2.73. The first kappa shape index (κ1) is 14.0. The third-order valence-corrected chi connectivity index (χ3v) is 2.96. The second kappa shape index (κ2) is 6.59. The van der Waals surface area contributed by atoms with Gasteiger partial charge in [0.2, 0.25) is 0 Å². The lowest BCUT2D eigenvalue weighted by Crippen LogP contribution is -2.25. The lowest BCUT2D eigenvalue weighted by molar-refractivity contribution is 0.140. The number of nitrogens with zero attached hydrogens (tertiary/aromatic N) is 1. The molecule has 0 radical (unpaired) electrons. The van der Waals surface area contributed by atoms with Crippen molar-refractivity contribution in [3.05, 3.63) is 16.6 Å². The minimum atomic E-state index is -0.354. The lowest BCUT2D eigenvalue weighted by Gasteiger charge is -2.17. The van der Waals surface area contributed by atoms with Gasteiger partial charge in [-0.1, -0.05) is 20.8 Å². The second-order valence-corrected chi connectivity index (χ2v) is 6.11. The number of carbonyl (C=O) groups is 1. The molecule has 0 aliphatic rings. The molecule has 17 heavy (non-hydrogen) atoms. The molecule has 1 amide bonds. The van der Waals surface area contributed by atoms with Gasteiger partial charge in [0.15, 0.2) is 0 Å². The summed E-state index contributed by atoms with van der Waals surface area (Å²) in [5.41, 5.74) is 2.04. The maximum atomic E-state index is 11.3. The van der Waals surface area contributed by atoms with E-state index in [9.17, 15) is 4.79 Å². The quantitative estimate of drug-likeness (QED) is 0.823. The third kappa shape index (κ3) is 6.94. The Labute approximate surface area is 106 Å². The van der Waals surface area contributed by atoms with Crippen LogP contribution in [0.2, 0.25) is 0 Å². The predicted molar refractivity (Wildman–Crippen MR) is 69.0 cm³/mol. The van der Waals surface area contributed by atoms with E-state index in [1.165, 1.54) is 11.3 Å². The molecule has 0 spiro atoms. The molecule has 0 aliphatic heterocycles. The molecule has 5 heteroatoms. The second-order valence-electron chi connectivity index (χ2n) is 5.13. The summed E-state index contributed by atoms with van der Waals surface area (Å²) in [6.07, 6.45) is 3.41. The van der Waals surface area contributed by atoms with Gasteiger partial charge in [-0.05, 0) is 18.3 Å². The zero-order valence-electron chi connectivity index (χ0n) is 10.7. The summed E-state index contributed by atoms with van der Waals surface area (Å²) in [7, 11) is 0. The van der Waals surface area contributed by atoms with Crippen LogP contribution in [0.15, 0.2) is 11.7 Å². The molecule has 1 heterocycles. The van der Waals surface area contributed by atoms with Gasteiger partial charge in [0.1, 0.15) is 6.61 Å². The van der Waals surface area contributed by atoms with E-state index in [2.05, 4.69) is 31.1 Å². The van der Waals surface area contributed by atoms with Crippen molar-refractivity contribution < 1.29 is 9.53 Å². The van der Waals surface area contributed by atoms with E-state index in [0.717, 1.165) is 17.7 Å². The Hall–Kier alpha value is -1.10. The van der Waals surface area contributed by atoms with E-state index >= 15 is 0 Å². The Balaban J connectivity index is 2.06. The van der Waals surface area contributed by atoms with Crippen molar-refractivity contribution >= 4 is 17.4 Å². The van der Waals surface area contributed by atoms with Gasteiger partial charge in [-0.15, -0.1) is 11.3 Å². The molecule has 1 N–H and O–H groups in total. The average molecular weight is 256 g/mol. The molecule has 1 aromatic heterocycles. The summed E-state index contributed by atoms with van der Waals surface area (Å²) in [6, 6.07) is 0. The van der Waals surface area contributed by atoms with Crippen molar-refractivity contribution in [2.24, 2.45) is 5.41 Å². The Bertz CT molecular complexity index is 331. The Kier molecular flexibility index (Phi) is 5.41. The molecule has 0 saturated heterocycles. The number of ether oxygens (including phenoxy) is 1. The van der Waals surface area contributed by atoms with Crippen LogP contribution >= 0.6 is 11.3 Å². The maximum Gasteiger partial charge on any atom is 0.407 e. The van der Waals surface area contributed by atoms with Crippen molar-refractivity contribution in [2.45, 2.75) is 40.2 Å². The molecule has 0 aromatic carbocycles. The standard InChI is InChI=1S/C12H20N2O2S/c1-12(2,3)5-4-6-14-11(15)16-8-10-7-13-9-17-10/h7,9H,4-6,8H2,1-3H3,(H,14,15). The Morgan fingerprint density at radius 1 is 1.53 bits per heavy atom. The summed E-state index contributed by atoms with van der Waals surface area (Å²) in [4.78, 5) is 16.2. The van der Waals surface area contributed by atoms with Gasteiger partial charge in [0, 0.05) is 12.7 Å². The first-order chi connectivity index (χ1) is 7.97. The third-order valence-electron chi connectivity index (χ3n) is 2.20. The van der Waals surface area contributed by atoms with Crippen LogP contribution in [0.3, 0.4) is 0 Å². The highest BCUT2D eigenvalue weighted by Crippen LogP contribution is 2.19. The van der Waals surface area contributed by atoms with Crippen molar-refractivity contribution in [3.63, 3.8) is 0 Å². The number of thiazole rings is 1. The number of nitrogens with one attached hydrogen (secondary N) is 1. The van der Waals surface area contributed by atoms with Crippen LogP contribution in [0.4, 0.5) is 4.79 Å². The van der Waals surface area contributed by atoms with Gasteiger partial charge >= 0.3 is 6.09 Å². The van der Waals surface area contributed by atoms with Crippen LogP contribution in [0.5, 0.6) is 0 Å². The van der Waals surface area contributed by atoms with Gasteiger partial charge in [0.05, 0.1) is 10.4 Å². The number of hydrogen-bond acceptors (Lipinski definition) is 4. The summed E-state index contributed by atoms with van der Waals surface area (Å²) in [5.74, 6) is 0. The molecule has 96 valence electrons. The smallest absolute Gasteiger partial charge is 0.407 e. The predicted octanol–water partition coefficient (Wildman–Crippen LogP) is 3.20. The summed E-state index contributed by atoms with van der Waals surface area (Å²) in [6.45, 7) is 7.54. The molecule has 4 nitrogen and oxygen atoms in total. The molecule has 0 unspecified atom stereocenters. The first-order valence-electron chi connectivity index (χ1n) is 5.75. The molecule has 0 fully saturated rings. The van der Waals surface area contributed by atoms with Gasteiger partial charge in [-0.2, -0.15) is 0 Å². The Morgan fingerprint density at radius 3 is 2.88 bits per heavy atom. The van der Waals surface area contributed by atoms with Crippen LogP contribution in [-0.4, -0.2) is 17.6 Å². The summed E-state index contributed by atoms with van der Waals surface area (Å²) >= 11 is 1.48. The zero-order valence-corrected chi connectivity index (χ0v) is 11.5. The molecule has 1 rings (SSSR count). The van der Waals surface area contributed by atoms with Gasteiger partial charge < -0.3 is 10.1 Å². The highest BCUT2D eigenvalue weighted by Gasteiger charge is 2.09. The fraction of sp³-hybridized carbons (Fsp3) is 0.667. The van der Waals surface area contributed by atoms with Gasteiger partial charge in [0.25, 0.3) is 0 Å². The van der Waals surface area contributed by atoms with Crippen LogP contribution < -0.4 is 5.32 Å². The zero-order chi connectivity index (χ0) is 12.7. The highest BCUT2D eigenvalue weighted by molar-refractivity contribution is 7.09. The molecule has 0 bridgehead atoms. The van der Waals surface area contributed by atoms with E-state index in [4.69, 9.17) is 4.74 Å². The van der Waals surface area contributed by atoms with E-state index in [-0.39, 0.29) is 6.09 Å². The van der Waals surface area contributed by atoms with Crippen molar-refractivity contribution in [2.75, 3.05) is 6.54 Å². The van der Waals surface area contributed by atoms with Crippen LogP contribution in [-0.2, 0) is 11.3 Å². The van der Waals surface area contributed by atoms with Crippen molar-refractivity contribution in [1.82, 2.24) is 10.3 Å². The van der Waals surface area contributed by atoms with E-state index in [1.54, 1.807) is 11.7 Å². The lowest BCUT2D eigenvalue weighted by atomic mass is 9.91. The number of alkyl carbamates (subject to hydrolysis) is 1. The number of amides is 1. The minimum Gasteiger partial charge on any atom is -0.444 e. The monoisotopic (exact) mass is 256 g/mol. The van der Waals surface area contributed by atoms with Crippen molar-refractivity contribution in [1.29, 1.82) is 0 Å². The van der Waals surface area contributed by atoms with Crippen LogP contribution in [0.1, 0.15) is 38.5 Å². The SMILES string of the molecule is CC(C)(C)CCCNC(=O)OCc1cncs1. The first-order valence-corrected chi connectivity index (χ1v) is 6.63. The molecule has 1 aromatic rings. The largest absolute Gasteiger partial charge is 0.444 e. The molecule has 0 atom stereocenters. The number of rotatable bonds is 5. The van der Waals surface area contributed by atoms with Crippen LogP contribution in [0.25, 0.3) is 0 Å². The molecular weight excluding hydrogens is 236 g/mol. The number of carbonyl (C=O) groups excluding carboxylic acids is 1. The van der Waals surface area contributed by atoms with E-state index < -0.39 is 0 Å². The fourth-order valence-corrected chi connectivity index (χ4v) is 1.82. The molecular formula is C12H20N2O2S.